The van der Waals surface area contributed by atoms with Crippen molar-refractivity contribution in [3.8, 4) is 5.75 Å². The van der Waals surface area contributed by atoms with Crippen molar-refractivity contribution in [3.63, 3.8) is 0 Å². The van der Waals surface area contributed by atoms with Gasteiger partial charge in [-0.15, -0.1) is 0 Å². The van der Waals surface area contributed by atoms with Crippen molar-refractivity contribution in [2.45, 2.75) is 13.2 Å². The Labute approximate surface area is 183 Å². The molecule has 1 fully saturated rings. The van der Waals surface area contributed by atoms with E-state index in [9.17, 15) is 18.8 Å². The summed E-state index contributed by atoms with van der Waals surface area (Å²) in [5, 5.41) is 2.17. The summed E-state index contributed by atoms with van der Waals surface area (Å²) < 4.78 is 18.9. The van der Waals surface area contributed by atoms with E-state index in [1.807, 2.05) is 30.3 Å². The standard InChI is InChI=1S/C25H19FN2O4/c26-20-10-6-18(7-11-20)15-28-24(30)22(23(29)27-25(28)31)14-17-8-12-21(13-9-17)32-16-19-4-2-1-3-5-19/h1-14H,15-16H2,(H,27,29,31). The predicted molar refractivity (Wildman–Crippen MR) is 116 cm³/mol. The first kappa shape index (κ1) is 21.0. The van der Waals surface area contributed by atoms with Gasteiger partial charge in [-0.2, -0.15) is 0 Å². The summed E-state index contributed by atoms with van der Waals surface area (Å²) in [5.74, 6) is -1.26. The number of nitrogens with zero attached hydrogens (tertiary/aromatic N) is 1. The van der Waals surface area contributed by atoms with Crippen molar-refractivity contribution in [2.24, 2.45) is 0 Å². The van der Waals surface area contributed by atoms with Gasteiger partial charge < -0.3 is 4.74 Å². The molecule has 1 aliphatic heterocycles. The average Bonchev–Trinajstić information content (AvgIpc) is 2.81. The monoisotopic (exact) mass is 430 g/mol. The number of nitrogens with one attached hydrogen (secondary N) is 1. The minimum atomic E-state index is -0.814. The molecule has 1 aliphatic rings. The largest absolute Gasteiger partial charge is 0.489 e. The molecule has 7 heteroatoms. The Morgan fingerprint density at radius 3 is 2.22 bits per heavy atom. The molecule has 160 valence electrons. The molecule has 1 N–H and O–H groups in total. The molecule has 1 heterocycles. The maximum Gasteiger partial charge on any atom is 0.331 e. The molecule has 1 saturated heterocycles. The second-order valence-corrected chi connectivity index (χ2v) is 7.18. The molecule has 4 rings (SSSR count). The molecule has 0 saturated carbocycles. The van der Waals surface area contributed by atoms with Gasteiger partial charge in [-0.25, -0.2) is 9.18 Å². The Balaban J connectivity index is 1.47. The van der Waals surface area contributed by atoms with Crippen LogP contribution in [0.1, 0.15) is 16.7 Å². The van der Waals surface area contributed by atoms with Gasteiger partial charge in [0.2, 0.25) is 0 Å². The fourth-order valence-corrected chi connectivity index (χ4v) is 3.18. The number of benzene rings is 3. The fourth-order valence-electron chi connectivity index (χ4n) is 3.18. The summed E-state index contributed by atoms with van der Waals surface area (Å²) in [6.07, 6.45) is 1.42. The third kappa shape index (κ3) is 4.89. The number of urea groups is 1. The number of hydrogen-bond donors (Lipinski definition) is 1. The van der Waals surface area contributed by atoms with Gasteiger partial charge in [-0.05, 0) is 47.0 Å². The van der Waals surface area contributed by atoms with Gasteiger partial charge in [-0.3, -0.25) is 19.8 Å². The predicted octanol–water partition coefficient (Wildman–Crippen LogP) is 4.07. The number of imide groups is 2. The summed E-state index contributed by atoms with van der Waals surface area (Å²) in [7, 11) is 0. The molecular weight excluding hydrogens is 411 g/mol. The molecule has 0 bridgehead atoms. The molecule has 3 aromatic rings. The maximum atomic E-state index is 13.1. The van der Waals surface area contributed by atoms with E-state index in [2.05, 4.69) is 5.32 Å². The van der Waals surface area contributed by atoms with E-state index in [4.69, 9.17) is 4.74 Å². The van der Waals surface area contributed by atoms with Crippen LogP contribution in [0.15, 0.2) is 84.4 Å². The van der Waals surface area contributed by atoms with Crippen molar-refractivity contribution in [1.29, 1.82) is 0 Å². The Hall–Kier alpha value is -4.26. The van der Waals surface area contributed by atoms with Gasteiger partial charge in [0.25, 0.3) is 11.8 Å². The number of halogens is 1. The Morgan fingerprint density at radius 1 is 0.844 bits per heavy atom. The van der Waals surface area contributed by atoms with Crippen LogP contribution in [0.25, 0.3) is 6.08 Å². The number of ether oxygens (including phenoxy) is 1. The van der Waals surface area contributed by atoms with Crippen molar-refractivity contribution < 1.29 is 23.5 Å². The highest BCUT2D eigenvalue weighted by molar-refractivity contribution is 6.30. The van der Waals surface area contributed by atoms with E-state index in [1.165, 1.54) is 30.3 Å². The minimum Gasteiger partial charge on any atom is -0.489 e. The number of hydrogen-bond acceptors (Lipinski definition) is 4. The van der Waals surface area contributed by atoms with Crippen molar-refractivity contribution >= 4 is 23.9 Å². The summed E-state index contributed by atoms with van der Waals surface area (Å²) in [5.41, 5.74) is 2.04. The molecule has 6 nitrogen and oxygen atoms in total. The lowest BCUT2D eigenvalue weighted by Gasteiger charge is -2.26. The van der Waals surface area contributed by atoms with Crippen LogP contribution < -0.4 is 10.1 Å². The topological polar surface area (TPSA) is 75.7 Å². The zero-order chi connectivity index (χ0) is 22.5. The summed E-state index contributed by atoms with van der Waals surface area (Å²) in [4.78, 5) is 38.2. The highest BCUT2D eigenvalue weighted by Gasteiger charge is 2.35. The van der Waals surface area contributed by atoms with E-state index in [0.29, 0.717) is 23.5 Å². The van der Waals surface area contributed by atoms with Crippen LogP contribution in [-0.2, 0) is 22.7 Å². The molecule has 0 spiro atoms. The SMILES string of the molecule is O=C1NC(=O)N(Cc2ccc(F)cc2)C(=O)C1=Cc1ccc(OCc2ccccc2)cc1. The van der Waals surface area contributed by atoms with Gasteiger partial charge in [-0.1, -0.05) is 54.6 Å². The van der Waals surface area contributed by atoms with Crippen LogP contribution >= 0.6 is 0 Å². The van der Waals surface area contributed by atoms with Crippen molar-refractivity contribution in [3.05, 3.63) is 107 Å². The number of carbonyl (C=O) groups is 3. The van der Waals surface area contributed by atoms with Crippen LogP contribution in [0.4, 0.5) is 9.18 Å². The zero-order valence-electron chi connectivity index (χ0n) is 17.0. The molecule has 32 heavy (non-hydrogen) atoms. The molecule has 3 aromatic carbocycles. The lowest BCUT2D eigenvalue weighted by atomic mass is 10.1. The normalized spacial score (nSPS) is 15.1. The van der Waals surface area contributed by atoms with E-state index in [-0.39, 0.29) is 12.1 Å². The molecule has 0 aliphatic carbocycles. The molecule has 0 radical (unpaired) electrons. The lowest BCUT2D eigenvalue weighted by molar-refractivity contribution is -0.130. The van der Waals surface area contributed by atoms with Crippen LogP contribution in [0.5, 0.6) is 5.75 Å². The summed E-state index contributed by atoms with van der Waals surface area (Å²) >= 11 is 0. The smallest absolute Gasteiger partial charge is 0.331 e. The van der Waals surface area contributed by atoms with Crippen molar-refractivity contribution in [1.82, 2.24) is 10.2 Å². The quantitative estimate of drug-likeness (QED) is 0.473. The summed E-state index contributed by atoms with van der Waals surface area (Å²) in [6, 6.07) is 21.3. The van der Waals surface area contributed by atoms with Crippen LogP contribution in [-0.4, -0.2) is 22.7 Å². The minimum absolute atomic E-state index is 0.0815. The molecular formula is C25H19FN2O4. The fraction of sp³-hybridized carbons (Fsp3) is 0.0800. The summed E-state index contributed by atoms with van der Waals surface area (Å²) in [6.45, 7) is 0.338. The number of carbonyl (C=O) groups excluding carboxylic acids is 3. The van der Waals surface area contributed by atoms with Gasteiger partial charge in [0.1, 0.15) is 23.7 Å². The van der Waals surface area contributed by atoms with Crippen LogP contribution in [0.3, 0.4) is 0 Å². The van der Waals surface area contributed by atoms with E-state index < -0.39 is 23.7 Å². The van der Waals surface area contributed by atoms with Gasteiger partial charge in [0.15, 0.2) is 0 Å². The average molecular weight is 430 g/mol. The molecule has 0 unspecified atom stereocenters. The van der Waals surface area contributed by atoms with Gasteiger partial charge in [0.05, 0.1) is 6.54 Å². The van der Waals surface area contributed by atoms with Crippen molar-refractivity contribution in [2.75, 3.05) is 0 Å². The third-order valence-corrected chi connectivity index (χ3v) is 4.88. The second-order valence-electron chi connectivity index (χ2n) is 7.18. The highest BCUT2D eigenvalue weighted by Crippen LogP contribution is 2.20. The van der Waals surface area contributed by atoms with Gasteiger partial charge in [0, 0.05) is 0 Å². The first-order valence-corrected chi connectivity index (χ1v) is 9.90. The van der Waals surface area contributed by atoms with E-state index in [0.717, 1.165) is 10.5 Å². The Morgan fingerprint density at radius 2 is 1.53 bits per heavy atom. The second kappa shape index (κ2) is 9.26. The molecule has 0 atom stereocenters. The first-order chi connectivity index (χ1) is 15.5. The zero-order valence-corrected chi connectivity index (χ0v) is 17.0. The number of amides is 4. The highest BCUT2D eigenvalue weighted by atomic mass is 19.1. The number of rotatable bonds is 6. The maximum absolute atomic E-state index is 13.1. The third-order valence-electron chi connectivity index (χ3n) is 4.88. The number of barbiturate groups is 1. The van der Waals surface area contributed by atoms with E-state index in [1.54, 1.807) is 24.3 Å². The lowest BCUT2D eigenvalue weighted by Crippen LogP contribution is -2.53. The van der Waals surface area contributed by atoms with Crippen LogP contribution in [0, 0.1) is 5.82 Å². The molecule has 4 amide bonds. The molecule has 0 aromatic heterocycles. The Kier molecular flexibility index (Phi) is 6.07. The Bertz CT molecular complexity index is 1170. The van der Waals surface area contributed by atoms with Crippen LogP contribution in [0.2, 0.25) is 0 Å². The first-order valence-electron chi connectivity index (χ1n) is 9.90. The van der Waals surface area contributed by atoms with Gasteiger partial charge >= 0.3 is 6.03 Å². The van der Waals surface area contributed by atoms with E-state index >= 15 is 0 Å².